The molecule has 0 amide bonds. The molecule has 5 heterocycles. The molecular formula is C44H51N3O5. The summed E-state index contributed by atoms with van der Waals surface area (Å²) in [6.07, 6.45) is 18.6. The third kappa shape index (κ3) is 6.81. The van der Waals surface area contributed by atoms with Crippen molar-refractivity contribution in [3.05, 3.63) is 119 Å². The second kappa shape index (κ2) is 15.0. The number of hydrogen-bond donors (Lipinski definition) is 4. The molecule has 1 fully saturated rings. The van der Waals surface area contributed by atoms with Gasteiger partial charge >= 0.3 is 0 Å². The molecule has 0 spiro atoms. The number of aromatic hydroxyl groups is 1. The van der Waals surface area contributed by atoms with Crippen LogP contribution < -0.4 is 15.8 Å². The SMILES string of the molecule is CCCCCC1CC(O)C2C=Cc3c(ccc(O)c3OCc3cc(C4(c5ccccc5)CCOCC4)cc4cn(cc34)C3=C(C=CC(N)N3)CO1)C2. The van der Waals surface area contributed by atoms with Gasteiger partial charge in [-0.3, -0.25) is 0 Å². The normalized spacial score (nSPS) is 24.3. The van der Waals surface area contributed by atoms with Crippen LogP contribution in [0.5, 0.6) is 11.5 Å². The smallest absolute Gasteiger partial charge is 0.168 e. The van der Waals surface area contributed by atoms with Gasteiger partial charge in [-0.2, -0.15) is 0 Å². The number of rotatable bonds is 6. The lowest BCUT2D eigenvalue weighted by Crippen LogP contribution is -2.39. The highest BCUT2D eigenvalue weighted by Crippen LogP contribution is 2.44. The predicted molar refractivity (Wildman–Crippen MR) is 206 cm³/mol. The standard InChI is InChI=1S/C44H51N3O5/c1-2-3-5-10-36-24-40(49)30-11-14-37-29(21-30)12-15-39(48)42(37)52-28-33-23-35(44(17-19-50-20-18-44)34-8-6-4-7-9-34)22-32-25-47(26-38(32)33)43-31(27-51-36)13-16-41(45)46-43/h4,6-9,11-16,22-23,25-26,30,36,40-41,46,48-49H,2-3,5,10,17-21,24,27-28,45H2,1H3. The van der Waals surface area contributed by atoms with Crippen molar-refractivity contribution in [2.75, 3.05) is 19.8 Å². The zero-order valence-corrected chi connectivity index (χ0v) is 30.1. The lowest BCUT2D eigenvalue weighted by Gasteiger charge is -2.39. The van der Waals surface area contributed by atoms with E-state index in [1.807, 2.05) is 18.2 Å². The minimum atomic E-state index is -0.570. The molecule has 6 bridgehead atoms. The fourth-order valence-corrected chi connectivity index (χ4v) is 8.67. The van der Waals surface area contributed by atoms with Crippen molar-refractivity contribution in [2.45, 2.75) is 88.7 Å². The van der Waals surface area contributed by atoms with Crippen LogP contribution in [0.4, 0.5) is 0 Å². The highest BCUT2D eigenvalue weighted by atomic mass is 16.5. The number of unbranched alkanes of at least 4 members (excludes halogenated alkanes) is 2. The van der Waals surface area contributed by atoms with Crippen LogP contribution in [0.3, 0.4) is 0 Å². The Kier molecular flexibility index (Phi) is 9.99. The van der Waals surface area contributed by atoms with Crippen molar-refractivity contribution in [1.29, 1.82) is 0 Å². The number of phenols is 1. The van der Waals surface area contributed by atoms with E-state index in [0.717, 1.165) is 77.4 Å². The van der Waals surface area contributed by atoms with Crippen LogP contribution in [0, 0.1) is 5.92 Å². The zero-order chi connectivity index (χ0) is 35.7. The summed E-state index contributed by atoms with van der Waals surface area (Å²) in [5.74, 6) is 1.40. The molecule has 5 N–H and O–H groups in total. The molecule has 8 heteroatoms. The molecule has 1 aromatic heterocycles. The Morgan fingerprint density at radius 2 is 1.79 bits per heavy atom. The van der Waals surface area contributed by atoms with Gasteiger partial charge in [-0.15, -0.1) is 0 Å². The van der Waals surface area contributed by atoms with Gasteiger partial charge in [-0.05, 0) is 66.1 Å². The van der Waals surface area contributed by atoms with Gasteiger partial charge in [-0.25, -0.2) is 0 Å². The maximum atomic E-state index is 11.6. The van der Waals surface area contributed by atoms with Gasteiger partial charge in [0.1, 0.15) is 12.4 Å². The van der Waals surface area contributed by atoms with Gasteiger partial charge in [0.25, 0.3) is 0 Å². The van der Waals surface area contributed by atoms with Crippen LogP contribution >= 0.6 is 0 Å². The van der Waals surface area contributed by atoms with Crippen LogP contribution in [0.25, 0.3) is 22.7 Å². The molecule has 8 nitrogen and oxygen atoms in total. The van der Waals surface area contributed by atoms with Gasteiger partial charge in [0.15, 0.2) is 11.5 Å². The second-order valence-corrected chi connectivity index (χ2v) is 15.0. The number of fused-ring (bicyclic) bond motifs is 5. The fraction of sp³-hybridized carbons (Fsp3) is 0.409. The number of ether oxygens (including phenoxy) is 3. The number of nitrogens with two attached hydrogens (primary N) is 1. The summed E-state index contributed by atoms with van der Waals surface area (Å²) in [4.78, 5) is 0. The first-order valence-corrected chi connectivity index (χ1v) is 19.1. The zero-order valence-electron chi connectivity index (χ0n) is 30.1. The minimum absolute atomic E-state index is 0.0636. The topological polar surface area (TPSA) is 111 Å². The number of nitrogens with one attached hydrogen (secondary N) is 1. The quantitative estimate of drug-likeness (QED) is 0.154. The molecule has 4 aromatic rings. The number of hydrogen-bond acceptors (Lipinski definition) is 7. The summed E-state index contributed by atoms with van der Waals surface area (Å²) in [7, 11) is 0. The molecule has 0 saturated carbocycles. The Labute approximate surface area is 306 Å². The average molecular weight is 702 g/mol. The third-order valence-electron chi connectivity index (χ3n) is 11.6. The molecule has 1 saturated heterocycles. The maximum absolute atomic E-state index is 11.6. The van der Waals surface area contributed by atoms with Crippen molar-refractivity contribution in [3.8, 4) is 11.5 Å². The number of phenolic OH excluding ortho intramolecular Hbond substituents is 1. The van der Waals surface area contributed by atoms with E-state index in [9.17, 15) is 10.2 Å². The summed E-state index contributed by atoms with van der Waals surface area (Å²) < 4.78 is 21.4. The number of aromatic nitrogens is 1. The van der Waals surface area contributed by atoms with Crippen LogP contribution in [0.2, 0.25) is 0 Å². The molecule has 4 unspecified atom stereocenters. The number of aliphatic hydroxyl groups excluding tert-OH is 1. The van der Waals surface area contributed by atoms with Crippen LogP contribution in [-0.4, -0.2) is 53.0 Å². The average Bonchev–Trinajstić information content (AvgIpc) is 3.61. The van der Waals surface area contributed by atoms with Gasteiger partial charge in [0.05, 0.1) is 25.0 Å². The number of dihydropyridines is 1. The van der Waals surface area contributed by atoms with E-state index in [-0.39, 0.29) is 36.0 Å². The third-order valence-corrected chi connectivity index (χ3v) is 11.6. The lowest BCUT2D eigenvalue weighted by atomic mass is 9.68. The Bertz CT molecular complexity index is 1990. The minimum Gasteiger partial charge on any atom is -0.504 e. The first-order valence-electron chi connectivity index (χ1n) is 19.1. The van der Waals surface area contributed by atoms with Crippen LogP contribution in [0.1, 0.15) is 79.7 Å². The number of nitrogens with zero attached hydrogens (tertiary/aromatic N) is 1. The van der Waals surface area contributed by atoms with Crippen molar-refractivity contribution in [3.63, 3.8) is 0 Å². The van der Waals surface area contributed by atoms with Crippen LogP contribution in [0.15, 0.2) is 90.8 Å². The largest absolute Gasteiger partial charge is 0.504 e. The predicted octanol–water partition coefficient (Wildman–Crippen LogP) is 7.55. The van der Waals surface area contributed by atoms with Crippen molar-refractivity contribution < 1.29 is 24.4 Å². The lowest BCUT2D eigenvalue weighted by molar-refractivity contribution is 0.00725. The molecule has 5 aliphatic rings. The monoisotopic (exact) mass is 701 g/mol. The Morgan fingerprint density at radius 1 is 0.942 bits per heavy atom. The van der Waals surface area contributed by atoms with E-state index >= 15 is 0 Å². The van der Waals surface area contributed by atoms with Gasteiger partial charge in [0.2, 0.25) is 0 Å². The molecule has 4 atom stereocenters. The Hall–Kier alpha value is -4.34. The molecule has 9 rings (SSSR count). The highest BCUT2D eigenvalue weighted by Gasteiger charge is 2.37. The number of benzene rings is 3. The Balaban J connectivity index is 1.28. The van der Waals surface area contributed by atoms with E-state index < -0.39 is 6.10 Å². The molecule has 3 aromatic carbocycles. The molecular weight excluding hydrogens is 651 g/mol. The second-order valence-electron chi connectivity index (χ2n) is 15.0. The van der Waals surface area contributed by atoms with Gasteiger partial charge in [0, 0.05) is 65.3 Å². The number of aliphatic hydroxyl groups is 1. The van der Waals surface area contributed by atoms with E-state index in [4.69, 9.17) is 19.9 Å². The summed E-state index contributed by atoms with van der Waals surface area (Å²) in [6, 6.07) is 19.1. The van der Waals surface area contributed by atoms with E-state index in [0.29, 0.717) is 38.4 Å². The molecule has 4 aliphatic heterocycles. The first-order chi connectivity index (χ1) is 25.4. The summed E-state index contributed by atoms with van der Waals surface area (Å²) in [6.45, 7) is 4.25. The van der Waals surface area contributed by atoms with E-state index in [1.165, 1.54) is 11.1 Å². The van der Waals surface area contributed by atoms with Crippen molar-refractivity contribution >= 4 is 22.7 Å². The fourth-order valence-electron chi connectivity index (χ4n) is 8.67. The van der Waals surface area contributed by atoms with Crippen molar-refractivity contribution in [1.82, 2.24) is 9.88 Å². The maximum Gasteiger partial charge on any atom is 0.168 e. The molecule has 0 radical (unpaired) electrons. The Morgan fingerprint density at radius 3 is 2.62 bits per heavy atom. The highest BCUT2D eigenvalue weighted by molar-refractivity contribution is 5.88. The van der Waals surface area contributed by atoms with Gasteiger partial charge < -0.3 is 40.0 Å². The van der Waals surface area contributed by atoms with E-state index in [1.54, 1.807) is 6.07 Å². The summed E-state index contributed by atoms with van der Waals surface area (Å²) in [5.41, 5.74) is 12.7. The first kappa shape index (κ1) is 34.7. The molecule has 272 valence electrons. The van der Waals surface area contributed by atoms with Crippen LogP contribution in [-0.2, 0) is 27.9 Å². The van der Waals surface area contributed by atoms with Crippen molar-refractivity contribution in [2.24, 2.45) is 11.7 Å². The van der Waals surface area contributed by atoms with E-state index in [2.05, 4.69) is 83.8 Å². The molecule has 52 heavy (non-hydrogen) atoms. The van der Waals surface area contributed by atoms with Gasteiger partial charge in [-0.1, -0.05) is 86.9 Å². The summed E-state index contributed by atoms with van der Waals surface area (Å²) in [5, 5.41) is 28.4. The summed E-state index contributed by atoms with van der Waals surface area (Å²) >= 11 is 0. The molecule has 1 aliphatic carbocycles.